The quantitative estimate of drug-likeness (QED) is 0.468. The second-order valence-electron chi connectivity index (χ2n) is 8.09. The summed E-state index contributed by atoms with van der Waals surface area (Å²) in [5, 5.41) is 11.3. The minimum absolute atomic E-state index is 0. The molecule has 1 aliphatic heterocycles. The van der Waals surface area contributed by atoms with E-state index in [9.17, 15) is 14.4 Å². The summed E-state index contributed by atoms with van der Waals surface area (Å²) in [5.74, 6) is -0.133. The maximum atomic E-state index is 13.1. The molecule has 1 saturated heterocycles. The molecule has 178 valence electrons. The van der Waals surface area contributed by atoms with Gasteiger partial charge in [0.25, 0.3) is 5.56 Å². The molecule has 3 heterocycles. The molecular weight excluding hydrogens is 467 g/mol. The standard InChI is InChI=1S/C23H28N4O5S.Na.H/c1-16-21-18(15-33-16)26(8-7-20(28)29)23(31)27(22(21)30)14-11-24-9-12-25(13-10-24)17-5-3-4-6-19(17)32-2;;/h3-6,15H,7-14H2,1-2H3,(H,28,29);;. The van der Waals surface area contributed by atoms with Crippen molar-refractivity contribution in [3.63, 3.8) is 0 Å². The third-order valence-electron chi connectivity index (χ3n) is 6.15. The van der Waals surface area contributed by atoms with Crippen molar-refractivity contribution < 1.29 is 14.6 Å². The van der Waals surface area contributed by atoms with Crippen LogP contribution >= 0.6 is 11.3 Å². The van der Waals surface area contributed by atoms with Crippen molar-refractivity contribution in [2.24, 2.45) is 0 Å². The van der Waals surface area contributed by atoms with Crippen molar-refractivity contribution in [2.75, 3.05) is 44.7 Å². The van der Waals surface area contributed by atoms with Crippen molar-refractivity contribution in [1.82, 2.24) is 14.0 Å². The number of carboxylic acid groups (broad SMARTS) is 1. The number of ether oxygens (including phenoxy) is 1. The van der Waals surface area contributed by atoms with Gasteiger partial charge >= 0.3 is 41.2 Å². The molecule has 0 saturated carbocycles. The SMILES string of the molecule is COc1ccccc1N1CCN(CCn2c(=O)c3c(C)scc3n(CCC(=O)O)c2=O)CC1.[NaH]. The number of benzene rings is 1. The first-order valence-corrected chi connectivity index (χ1v) is 11.8. The summed E-state index contributed by atoms with van der Waals surface area (Å²) in [4.78, 5) is 42.6. The van der Waals surface area contributed by atoms with Gasteiger partial charge in [-0.15, -0.1) is 11.3 Å². The number of rotatable bonds is 8. The predicted octanol–water partition coefficient (Wildman–Crippen LogP) is 1.19. The van der Waals surface area contributed by atoms with Crippen LogP contribution in [0.2, 0.25) is 0 Å². The Morgan fingerprint density at radius 3 is 2.44 bits per heavy atom. The van der Waals surface area contributed by atoms with Crippen molar-refractivity contribution in [3.05, 3.63) is 55.4 Å². The number of methoxy groups -OCH3 is 1. The molecule has 1 N–H and O–H groups in total. The predicted molar refractivity (Wildman–Crippen MR) is 136 cm³/mol. The number of para-hydroxylation sites is 2. The second-order valence-corrected chi connectivity index (χ2v) is 9.17. The Bertz CT molecular complexity index is 1280. The first-order valence-electron chi connectivity index (χ1n) is 10.9. The summed E-state index contributed by atoms with van der Waals surface area (Å²) >= 11 is 1.40. The van der Waals surface area contributed by atoms with Gasteiger partial charge in [0, 0.05) is 56.1 Å². The zero-order chi connectivity index (χ0) is 23.5. The Balaban J connectivity index is 0.00000324. The summed E-state index contributed by atoms with van der Waals surface area (Å²) in [6.07, 6.45) is -0.174. The molecule has 0 aliphatic carbocycles. The summed E-state index contributed by atoms with van der Waals surface area (Å²) in [5.41, 5.74) is 0.846. The fraction of sp³-hybridized carbons (Fsp3) is 0.435. The first kappa shape index (κ1) is 26.5. The van der Waals surface area contributed by atoms with Gasteiger partial charge in [0.05, 0.1) is 30.1 Å². The van der Waals surface area contributed by atoms with E-state index in [4.69, 9.17) is 9.84 Å². The summed E-state index contributed by atoms with van der Waals surface area (Å²) in [7, 11) is 1.67. The number of piperazine rings is 1. The van der Waals surface area contributed by atoms with Gasteiger partial charge < -0.3 is 14.7 Å². The number of nitrogens with zero attached hydrogens (tertiary/aromatic N) is 4. The maximum absolute atomic E-state index is 13.1. The fourth-order valence-electron chi connectivity index (χ4n) is 4.34. The van der Waals surface area contributed by atoms with Crippen LogP contribution < -0.4 is 20.9 Å². The van der Waals surface area contributed by atoms with E-state index >= 15 is 0 Å². The normalized spacial score (nSPS) is 14.2. The molecule has 2 aromatic heterocycles. The summed E-state index contributed by atoms with van der Waals surface area (Å²) in [6, 6.07) is 7.94. The number of anilines is 1. The molecule has 0 spiro atoms. The monoisotopic (exact) mass is 496 g/mol. The molecule has 11 heteroatoms. The molecular formula is C23H29N4NaO5S. The Hall–Kier alpha value is -2.11. The summed E-state index contributed by atoms with van der Waals surface area (Å²) < 4.78 is 8.16. The van der Waals surface area contributed by atoms with Gasteiger partial charge in [-0.25, -0.2) is 4.79 Å². The number of hydrogen-bond acceptors (Lipinski definition) is 7. The van der Waals surface area contributed by atoms with E-state index in [2.05, 4.69) is 9.80 Å². The van der Waals surface area contributed by atoms with E-state index in [1.807, 2.05) is 31.2 Å². The third kappa shape index (κ3) is 5.41. The number of aromatic nitrogens is 2. The van der Waals surface area contributed by atoms with Crippen LogP contribution in [-0.2, 0) is 17.9 Å². The Morgan fingerprint density at radius 2 is 1.76 bits per heavy atom. The number of thiophene rings is 1. The molecule has 1 aromatic carbocycles. The minimum atomic E-state index is -0.979. The van der Waals surface area contributed by atoms with Crippen LogP contribution in [0.15, 0.2) is 39.2 Å². The van der Waals surface area contributed by atoms with Crippen LogP contribution in [0.3, 0.4) is 0 Å². The molecule has 0 bridgehead atoms. The molecule has 0 atom stereocenters. The number of hydrogen-bond donors (Lipinski definition) is 1. The zero-order valence-corrected chi connectivity index (χ0v) is 19.6. The van der Waals surface area contributed by atoms with Crippen molar-refractivity contribution in [2.45, 2.75) is 26.4 Å². The molecule has 1 aliphatic rings. The second kappa shape index (κ2) is 11.5. The van der Waals surface area contributed by atoms with E-state index in [0.29, 0.717) is 17.4 Å². The molecule has 3 aromatic rings. The van der Waals surface area contributed by atoms with E-state index in [0.717, 1.165) is 42.5 Å². The average Bonchev–Trinajstić information content (AvgIpc) is 3.20. The van der Waals surface area contributed by atoms with Gasteiger partial charge in [0.1, 0.15) is 5.75 Å². The number of fused-ring (bicyclic) bond motifs is 1. The van der Waals surface area contributed by atoms with Gasteiger partial charge in [-0.2, -0.15) is 0 Å². The molecule has 4 rings (SSSR count). The van der Waals surface area contributed by atoms with Gasteiger partial charge in [-0.3, -0.25) is 23.6 Å². The average molecular weight is 497 g/mol. The van der Waals surface area contributed by atoms with Crippen LogP contribution in [0.25, 0.3) is 10.9 Å². The van der Waals surface area contributed by atoms with Crippen LogP contribution in [0.1, 0.15) is 11.3 Å². The fourth-order valence-corrected chi connectivity index (χ4v) is 5.18. The Morgan fingerprint density at radius 1 is 1.06 bits per heavy atom. The zero-order valence-electron chi connectivity index (χ0n) is 18.8. The van der Waals surface area contributed by atoms with Crippen LogP contribution in [-0.4, -0.2) is 94.5 Å². The molecule has 0 amide bonds. The van der Waals surface area contributed by atoms with Crippen molar-refractivity contribution in [3.8, 4) is 5.75 Å². The Kier molecular flexibility index (Phi) is 9.00. The molecule has 34 heavy (non-hydrogen) atoms. The molecule has 0 unspecified atom stereocenters. The topological polar surface area (TPSA) is 97.0 Å². The van der Waals surface area contributed by atoms with Gasteiger partial charge in [-0.05, 0) is 19.1 Å². The number of carboxylic acids is 1. The van der Waals surface area contributed by atoms with E-state index in [1.54, 1.807) is 12.5 Å². The number of aryl methyl sites for hydroxylation is 2. The summed E-state index contributed by atoms with van der Waals surface area (Å²) in [6.45, 7) is 5.98. The van der Waals surface area contributed by atoms with E-state index in [1.165, 1.54) is 20.5 Å². The number of aliphatic carboxylic acids is 1. The van der Waals surface area contributed by atoms with Crippen LogP contribution in [0.4, 0.5) is 5.69 Å². The molecule has 9 nitrogen and oxygen atoms in total. The third-order valence-corrected chi connectivity index (χ3v) is 7.05. The first-order chi connectivity index (χ1) is 15.9. The van der Waals surface area contributed by atoms with Crippen LogP contribution in [0, 0.1) is 6.92 Å². The Labute approximate surface area is 223 Å². The van der Waals surface area contributed by atoms with Gasteiger partial charge in [0.2, 0.25) is 0 Å². The van der Waals surface area contributed by atoms with Gasteiger partial charge in [0.15, 0.2) is 0 Å². The van der Waals surface area contributed by atoms with Gasteiger partial charge in [-0.1, -0.05) is 12.1 Å². The molecule has 1 fully saturated rings. The van der Waals surface area contributed by atoms with Crippen molar-refractivity contribution in [1.29, 1.82) is 0 Å². The molecule has 0 radical (unpaired) electrons. The number of carbonyl (C=O) groups is 1. The van der Waals surface area contributed by atoms with Crippen LogP contribution in [0.5, 0.6) is 5.75 Å². The van der Waals surface area contributed by atoms with E-state index < -0.39 is 11.7 Å². The van der Waals surface area contributed by atoms with Crippen molar-refractivity contribution >= 4 is 63.5 Å². The van der Waals surface area contributed by atoms with E-state index in [-0.39, 0.29) is 54.6 Å².